The largest absolute Gasteiger partial charge is 0.506 e. The Balaban J connectivity index is 2.10. The molecule has 1 unspecified atom stereocenters. The summed E-state index contributed by atoms with van der Waals surface area (Å²) in [5.41, 5.74) is 0.816. The highest BCUT2D eigenvalue weighted by molar-refractivity contribution is 6.04. The number of imidazole rings is 1. The number of nitrogens with zero attached hydrogens (tertiary/aromatic N) is 2. The Bertz CT molecular complexity index is 691. The van der Waals surface area contributed by atoms with Gasteiger partial charge in [-0.25, -0.2) is 9.78 Å². The summed E-state index contributed by atoms with van der Waals surface area (Å²) in [4.78, 5) is 27.8. The smallest absolute Gasteiger partial charge is 0.342 e. The van der Waals surface area contributed by atoms with Gasteiger partial charge in [-0.2, -0.15) is 0 Å². The van der Waals surface area contributed by atoms with Gasteiger partial charge in [0.05, 0.1) is 5.56 Å². The fraction of sp³-hybridized carbons (Fsp3) is 0.214. The van der Waals surface area contributed by atoms with Crippen LogP contribution in [0, 0.1) is 0 Å². The lowest BCUT2D eigenvalue weighted by atomic mass is 9.95. The molecule has 0 saturated heterocycles. The number of aromatic nitrogens is 2. The van der Waals surface area contributed by atoms with Gasteiger partial charge in [-0.05, 0) is 18.6 Å². The zero-order valence-electron chi connectivity index (χ0n) is 10.7. The summed E-state index contributed by atoms with van der Waals surface area (Å²) < 4.78 is 6.32. The summed E-state index contributed by atoms with van der Waals surface area (Å²) >= 11 is 0. The Hall–Kier alpha value is -2.63. The molecule has 1 aliphatic rings. The molecule has 2 aromatic rings. The molecule has 1 N–H and O–H groups in total. The van der Waals surface area contributed by atoms with Crippen molar-refractivity contribution >= 4 is 11.9 Å². The SMILES string of the molecule is CC1Cc2ccc(C(=O)n3ccnc3)c(O)c2C(=O)O1. The summed E-state index contributed by atoms with van der Waals surface area (Å²) in [6.07, 6.45) is 4.56. The minimum atomic E-state index is -0.600. The molecule has 6 heteroatoms. The monoisotopic (exact) mass is 272 g/mol. The van der Waals surface area contributed by atoms with E-state index in [1.165, 1.54) is 29.4 Å². The van der Waals surface area contributed by atoms with Gasteiger partial charge in [0.25, 0.3) is 5.91 Å². The number of ether oxygens (including phenoxy) is 1. The van der Waals surface area contributed by atoms with Gasteiger partial charge in [-0.1, -0.05) is 6.07 Å². The van der Waals surface area contributed by atoms with Crippen molar-refractivity contribution in [1.29, 1.82) is 0 Å². The molecule has 0 aliphatic carbocycles. The molecule has 0 saturated carbocycles. The van der Waals surface area contributed by atoms with Crippen LogP contribution in [0.1, 0.15) is 33.2 Å². The third-order valence-corrected chi connectivity index (χ3v) is 3.25. The molecule has 0 spiro atoms. The third-order valence-electron chi connectivity index (χ3n) is 3.25. The number of rotatable bonds is 1. The number of cyclic esters (lactones) is 1. The number of hydrogen-bond donors (Lipinski definition) is 1. The molecule has 3 rings (SSSR count). The first-order valence-corrected chi connectivity index (χ1v) is 6.16. The van der Waals surface area contributed by atoms with E-state index >= 15 is 0 Å². The van der Waals surface area contributed by atoms with Gasteiger partial charge < -0.3 is 9.84 Å². The summed E-state index contributed by atoms with van der Waals surface area (Å²) in [7, 11) is 0. The Morgan fingerprint density at radius 2 is 2.30 bits per heavy atom. The molecule has 0 bridgehead atoms. The van der Waals surface area contributed by atoms with Gasteiger partial charge in [-0.15, -0.1) is 0 Å². The van der Waals surface area contributed by atoms with Crippen LogP contribution in [-0.4, -0.2) is 32.6 Å². The predicted molar refractivity (Wildman–Crippen MR) is 68.6 cm³/mol. The molecule has 0 radical (unpaired) electrons. The van der Waals surface area contributed by atoms with Gasteiger partial charge >= 0.3 is 5.97 Å². The van der Waals surface area contributed by atoms with Crippen molar-refractivity contribution in [2.45, 2.75) is 19.4 Å². The van der Waals surface area contributed by atoms with Crippen molar-refractivity contribution in [3.63, 3.8) is 0 Å². The lowest BCUT2D eigenvalue weighted by Crippen LogP contribution is -2.26. The highest BCUT2D eigenvalue weighted by atomic mass is 16.5. The van der Waals surface area contributed by atoms with E-state index in [2.05, 4.69) is 4.98 Å². The maximum Gasteiger partial charge on any atom is 0.342 e. The standard InChI is InChI=1S/C14H12N2O4/c1-8-6-9-2-3-10(12(17)11(9)14(19)20-8)13(18)16-5-4-15-7-16/h2-5,7-8,17H,6H2,1H3. The molecule has 1 aromatic carbocycles. The van der Waals surface area contributed by atoms with E-state index in [1.54, 1.807) is 13.0 Å². The van der Waals surface area contributed by atoms with Crippen molar-refractivity contribution in [2.75, 3.05) is 0 Å². The zero-order chi connectivity index (χ0) is 14.3. The summed E-state index contributed by atoms with van der Waals surface area (Å²) in [5.74, 6) is -1.39. The number of fused-ring (bicyclic) bond motifs is 1. The fourth-order valence-corrected chi connectivity index (χ4v) is 2.31. The van der Waals surface area contributed by atoms with Gasteiger partial charge in [0, 0.05) is 18.8 Å². The van der Waals surface area contributed by atoms with E-state index in [9.17, 15) is 14.7 Å². The molecule has 6 nitrogen and oxygen atoms in total. The summed E-state index contributed by atoms with van der Waals surface area (Å²) in [6, 6.07) is 3.19. The first-order chi connectivity index (χ1) is 9.58. The van der Waals surface area contributed by atoms with Crippen LogP contribution in [0.4, 0.5) is 0 Å². The third kappa shape index (κ3) is 1.85. The highest BCUT2D eigenvalue weighted by Gasteiger charge is 2.29. The molecule has 1 atom stereocenters. The van der Waals surface area contributed by atoms with E-state index in [0.29, 0.717) is 12.0 Å². The Morgan fingerprint density at radius 1 is 1.50 bits per heavy atom. The molecule has 0 fully saturated rings. The van der Waals surface area contributed by atoms with Gasteiger partial charge in [0.1, 0.15) is 23.7 Å². The summed E-state index contributed by atoms with van der Waals surface area (Å²) in [6.45, 7) is 1.78. The minimum absolute atomic E-state index is 0.0493. The van der Waals surface area contributed by atoms with Crippen molar-refractivity contribution in [3.05, 3.63) is 47.5 Å². The molecule has 0 amide bonds. The lowest BCUT2D eigenvalue weighted by molar-refractivity contribution is 0.0297. The normalized spacial score (nSPS) is 17.4. The van der Waals surface area contributed by atoms with Crippen molar-refractivity contribution in [1.82, 2.24) is 9.55 Å². The number of aromatic hydroxyl groups is 1. The van der Waals surface area contributed by atoms with E-state index < -0.39 is 11.9 Å². The van der Waals surface area contributed by atoms with Gasteiger partial charge in [0.15, 0.2) is 0 Å². The number of carbonyl (C=O) groups is 2. The number of carbonyl (C=O) groups excluding carboxylic acids is 2. The van der Waals surface area contributed by atoms with Crippen LogP contribution in [0.2, 0.25) is 0 Å². The molecular weight excluding hydrogens is 260 g/mol. The quantitative estimate of drug-likeness (QED) is 0.793. The van der Waals surface area contributed by atoms with Crippen LogP contribution < -0.4 is 0 Å². The maximum absolute atomic E-state index is 12.2. The second-order valence-corrected chi connectivity index (χ2v) is 4.69. The van der Waals surface area contributed by atoms with E-state index in [-0.39, 0.29) is 23.0 Å². The first kappa shape index (κ1) is 12.4. The minimum Gasteiger partial charge on any atom is -0.506 e. The topological polar surface area (TPSA) is 81.4 Å². The number of phenolic OH excluding ortho intramolecular Hbond substituents is 1. The van der Waals surface area contributed by atoms with Crippen LogP contribution in [0.25, 0.3) is 0 Å². The number of phenols is 1. The molecule has 2 heterocycles. The highest BCUT2D eigenvalue weighted by Crippen LogP contribution is 2.31. The van der Waals surface area contributed by atoms with Crippen LogP contribution in [-0.2, 0) is 11.2 Å². The Kier molecular flexibility index (Phi) is 2.78. The number of hydrogen-bond acceptors (Lipinski definition) is 5. The average Bonchev–Trinajstić information content (AvgIpc) is 2.91. The molecule has 1 aromatic heterocycles. The Labute approximate surface area is 114 Å². The van der Waals surface area contributed by atoms with Crippen LogP contribution in [0.3, 0.4) is 0 Å². The van der Waals surface area contributed by atoms with Crippen LogP contribution >= 0.6 is 0 Å². The average molecular weight is 272 g/mol. The molecule has 1 aliphatic heterocycles. The van der Waals surface area contributed by atoms with Gasteiger partial charge in [0.2, 0.25) is 0 Å². The molecule has 20 heavy (non-hydrogen) atoms. The van der Waals surface area contributed by atoms with Crippen molar-refractivity contribution in [2.24, 2.45) is 0 Å². The lowest BCUT2D eigenvalue weighted by Gasteiger charge is -2.23. The van der Waals surface area contributed by atoms with Gasteiger partial charge in [-0.3, -0.25) is 9.36 Å². The fourth-order valence-electron chi connectivity index (χ4n) is 2.31. The zero-order valence-corrected chi connectivity index (χ0v) is 10.7. The van der Waals surface area contributed by atoms with Crippen LogP contribution in [0.5, 0.6) is 5.75 Å². The Morgan fingerprint density at radius 3 is 3.00 bits per heavy atom. The van der Waals surface area contributed by atoms with Crippen molar-refractivity contribution in [3.8, 4) is 5.75 Å². The number of esters is 1. The van der Waals surface area contributed by atoms with Crippen molar-refractivity contribution < 1.29 is 19.4 Å². The molecule has 102 valence electrons. The van der Waals surface area contributed by atoms with E-state index in [1.807, 2.05) is 0 Å². The van der Waals surface area contributed by atoms with E-state index in [4.69, 9.17) is 4.74 Å². The second-order valence-electron chi connectivity index (χ2n) is 4.69. The molecular formula is C14H12N2O4. The second kappa shape index (κ2) is 4.48. The summed E-state index contributed by atoms with van der Waals surface area (Å²) in [5, 5.41) is 10.2. The number of benzene rings is 1. The van der Waals surface area contributed by atoms with Crippen LogP contribution in [0.15, 0.2) is 30.9 Å². The maximum atomic E-state index is 12.2. The van der Waals surface area contributed by atoms with E-state index in [0.717, 1.165) is 0 Å². The first-order valence-electron chi connectivity index (χ1n) is 6.16. The predicted octanol–water partition coefficient (Wildman–Crippen LogP) is 1.38.